The Hall–Kier alpha value is 0.265. The molecule has 8 heavy (non-hydrogen) atoms. The topological polar surface area (TPSA) is 80.3 Å². The van der Waals surface area contributed by atoms with Crippen LogP contribution in [0, 0.1) is 0 Å². The predicted molar refractivity (Wildman–Crippen MR) is 25.7 cm³/mol. The zero-order chi connectivity index (χ0) is 5.15. The fraction of sp³-hybridized carbons (Fsp3) is 0. The van der Waals surface area contributed by atoms with Crippen LogP contribution >= 0.6 is 0 Å². The van der Waals surface area contributed by atoms with Crippen molar-refractivity contribution in [3.63, 3.8) is 0 Å². The molecule has 0 amide bonds. The zero-order valence-corrected chi connectivity index (χ0v) is 5.55. The Morgan fingerprint density at radius 3 is 1.12 bits per heavy atom. The molecule has 4 nitrogen and oxygen atoms in total. The second-order valence-electron chi connectivity index (χ2n) is 0.575. The van der Waals surface area contributed by atoms with Crippen molar-refractivity contribution < 1.29 is 19.8 Å². The summed E-state index contributed by atoms with van der Waals surface area (Å²) >= 11 is 0. The van der Waals surface area contributed by atoms with Gasteiger partial charge in [-0.1, -0.05) is 0 Å². The van der Waals surface area contributed by atoms with E-state index in [9.17, 15) is 0 Å². The standard InChI is InChI=1S/C2H2O4.BH3.Ca/c3-1(4)2(5)6;;/h(H,3,4)(H,5,6);1H3;/q;;+2/p-2. The summed E-state index contributed by atoms with van der Waals surface area (Å²) in [6.07, 6.45) is 0. The van der Waals surface area contributed by atoms with Crippen LogP contribution in [0.25, 0.3) is 0 Å². The molecule has 6 heteroatoms. The van der Waals surface area contributed by atoms with E-state index < -0.39 is 11.9 Å². The number of aliphatic carboxylic acids is 2. The summed E-state index contributed by atoms with van der Waals surface area (Å²) in [6.45, 7) is 0. The molecule has 0 unspecified atom stereocenters. The van der Waals surface area contributed by atoms with Crippen molar-refractivity contribution in [2.75, 3.05) is 0 Å². The predicted octanol–water partition coefficient (Wildman–Crippen LogP) is -5.08. The number of carbonyl (C=O) groups is 2. The Morgan fingerprint density at radius 1 is 1.00 bits per heavy atom. The fourth-order valence-electron chi connectivity index (χ4n) is 0. The Kier molecular flexibility index (Phi) is 14.3. The number of carbonyl (C=O) groups excluding carboxylic acids is 2. The Morgan fingerprint density at radius 2 is 1.12 bits per heavy atom. The normalized spacial score (nSPS) is 5.50. The second-order valence-corrected chi connectivity index (χ2v) is 0.575. The van der Waals surface area contributed by atoms with Gasteiger partial charge in [-0.2, -0.15) is 0 Å². The number of carboxylic acids is 2. The quantitative estimate of drug-likeness (QED) is 0.250. The van der Waals surface area contributed by atoms with Gasteiger partial charge in [-0.3, -0.25) is 0 Å². The van der Waals surface area contributed by atoms with Crippen molar-refractivity contribution >= 4 is 58.1 Å². The first-order valence-electron chi connectivity index (χ1n) is 1.07. The molecule has 0 aliphatic rings. The van der Waals surface area contributed by atoms with Gasteiger partial charge in [0.05, 0.1) is 20.4 Å². The van der Waals surface area contributed by atoms with Crippen LogP contribution < -0.4 is 10.2 Å². The summed E-state index contributed by atoms with van der Waals surface area (Å²) in [7, 11) is 0. The molecular weight excluding hydrogens is 139 g/mol. The van der Waals surface area contributed by atoms with Gasteiger partial charge in [0.2, 0.25) is 0 Å². The molecule has 0 bridgehead atoms. The smallest absolute Gasteiger partial charge is 0.543 e. The molecule has 0 N–H and O–H groups in total. The van der Waals surface area contributed by atoms with Crippen molar-refractivity contribution in [3.05, 3.63) is 0 Å². The van der Waals surface area contributed by atoms with E-state index in [-0.39, 0.29) is 46.2 Å². The van der Waals surface area contributed by atoms with E-state index in [1.165, 1.54) is 0 Å². The molecule has 0 radical (unpaired) electrons. The zero-order valence-electron chi connectivity index (χ0n) is 3.34. The third-order valence-corrected chi connectivity index (χ3v) is 0.167. The fourth-order valence-corrected chi connectivity index (χ4v) is 0. The molecule has 0 aliphatic heterocycles. The van der Waals surface area contributed by atoms with Gasteiger partial charge in [-0.15, -0.1) is 0 Å². The number of carboxylic acid groups (broad SMARTS) is 2. The first-order chi connectivity index (χ1) is 2.64. The average Bonchev–Trinajstić information content (AvgIpc) is 1.36. The minimum absolute atomic E-state index is 0. The largest absolute Gasteiger partial charge is 2.00 e. The molecule has 0 fully saturated rings. The molecule has 0 heterocycles. The van der Waals surface area contributed by atoms with E-state index in [4.69, 9.17) is 19.8 Å². The van der Waals surface area contributed by atoms with Crippen LogP contribution in [0.2, 0.25) is 0 Å². The Balaban J connectivity index is -0.000000125. The van der Waals surface area contributed by atoms with Crippen molar-refractivity contribution in [1.29, 1.82) is 0 Å². The molecule has 0 saturated carbocycles. The van der Waals surface area contributed by atoms with E-state index in [0.717, 1.165) is 0 Å². The summed E-state index contributed by atoms with van der Waals surface area (Å²) in [6, 6.07) is 0. The van der Waals surface area contributed by atoms with E-state index in [2.05, 4.69) is 0 Å². The third kappa shape index (κ3) is 9.55. The van der Waals surface area contributed by atoms with Gasteiger partial charge >= 0.3 is 37.7 Å². The van der Waals surface area contributed by atoms with Gasteiger partial charge in [0.1, 0.15) is 0 Å². The van der Waals surface area contributed by atoms with Crippen molar-refractivity contribution in [1.82, 2.24) is 0 Å². The van der Waals surface area contributed by atoms with Crippen LogP contribution in [0.3, 0.4) is 0 Å². The monoisotopic (exact) mass is 142 g/mol. The minimum atomic E-state index is -2.19. The van der Waals surface area contributed by atoms with Crippen LogP contribution in [-0.4, -0.2) is 58.1 Å². The van der Waals surface area contributed by atoms with Crippen LogP contribution in [-0.2, 0) is 9.59 Å². The van der Waals surface area contributed by atoms with Gasteiger partial charge in [0.25, 0.3) is 0 Å². The maximum Gasteiger partial charge on any atom is 2.00 e. The van der Waals surface area contributed by atoms with Crippen LogP contribution in [0.15, 0.2) is 0 Å². The SMILES string of the molecule is B.O=C([O-])C(=O)[O-].[Ca+2]. The first-order valence-corrected chi connectivity index (χ1v) is 1.07. The average molecular weight is 142 g/mol. The number of hydrogen-bond donors (Lipinski definition) is 0. The summed E-state index contributed by atoms with van der Waals surface area (Å²) in [5.74, 6) is -4.37. The first kappa shape index (κ1) is 15.7. The molecule has 40 valence electrons. The van der Waals surface area contributed by atoms with Gasteiger partial charge in [-0.05, 0) is 0 Å². The maximum absolute atomic E-state index is 8.93. The molecule has 0 aromatic heterocycles. The third-order valence-electron chi connectivity index (χ3n) is 0.167. The van der Waals surface area contributed by atoms with Crippen molar-refractivity contribution in [2.45, 2.75) is 0 Å². The molecule has 0 aromatic rings. The van der Waals surface area contributed by atoms with E-state index in [1.807, 2.05) is 0 Å². The summed E-state index contributed by atoms with van der Waals surface area (Å²) in [5, 5.41) is 17.9. The van der Waals surface area contributed by atoms with Crippen LogP contribution in [0.4, 0.5) is 0 Å². The molecule has 0 spiro atoms. The number of hydrogen-bond acceptors (Lipinski definition) is 4. The second kappa shape index (κ2) is 7.26. The van der Waals surface area contributed by atoms with Crippen LogP contribution in [0.5, 0.6) is 0 Å². The molecule has 0 saturated heterocycles. The van der Waals surface area contributed by atoms with Gasteiger partial charge in [0.15, 0.2) is 0 Å². The van der Waals surface area contributed by atoms with E-state index in [1.54, 1.807) is 0 Å². The van der Waals surface area contributed by atoms with Crippen molar-refractivity contribution in [3.8, 4) is 0 Å². The molecule has 0 aromatic carbocycles. The molecule has 0 atom stereocenters. The molecule has 0 rings (SSSR count). The van der Waals surface area contributed by atoms with Crippen molar-refractivity contribution in [2.24, 2.45) is 0 Å². The van der Waals surface area contributed by atoms with Crippen LogP contribution in [0.1, 0.15) is 0 Å². The molecular formula is C2H3BCaO4. The van der Waals surface area contributed by atoms with Gasteiger partial charge in [-0.25, -0.2) is 0 Å². The molecule has 0 aliphatic carbocycles. The van der Waals surface area contributed by atoms with Gasteiger partial charge in [0, 0.05) is 0 Å². The summed E-state index contributed by atoms with van der Waals surface area (Å²) in [5.41, 5.74) is 0. The van der Waals surface area contributed by atoms with E-state index >= 15 is 0 Å². The Labute approximate surface area is 77.5 Å². The van der Waals surface area contributed by atoms with Gasteiger partial charge < -0.3 is 19.8 Å². The Bertz CT molecular complexity index is 80.0. The minimum Gasteiger partial charge on any atom is -0.543 e. The number of rotatable bonds is 0. The van der Waals surface area contributed by atoms with E-state index in [0.29, 0.717) is 0 Å². The summed E-state index contributed by atoms with van der Waals surface area (Å²) in [4.78, 5) is 17.9. The summed E-state index contributed by atoms with van der Waals surface area (Å²) < 4.78 is 0. The maximum atomic E-state index is 8.93.